The van der Waals surface area contributed by atoms with Gasteiger partial charge in [0.2, 0.25) is 11.8 Å². The number of amides is 2. The molecule has 2 amide bonds. The van der Waals surface area contributed by atoms with Crippen LogP contribution in [0, 0.1) is 22.7 Å². The lowest BCUT2D eigenvalue weighted by atomic mass is 9.88. The molecule has 0 N–H and O–H groups in total. The summed E-state index contributed by atoms with van der Waals surface area (Å²) in [6.45, 7) is 16.4. The fraction of sp³-hybridized carbons (Fsp3) is 0.516. The molecule has 4 fully saturated rings. The quantitative estimate of drug-likeness (QED) is 0.115. The van der Waals surface area contributed by atoms with Gasteiger partial charge in [0.05, 0.1) is 61.5 Å². The van der Waals surface area contributed by atoms with Gasteiger partial charge in [0.1, 0.15) is 24.8 Å². The number of carbonyl (C=O) groups is 2. The van der Waals surface area contributed by atoms with Gasteiger partial charge in [0.25, 0.3) is 0 Å². The van der Waals surface area contributed by atoms with Crippen LogP contribution in [0.4, 0.5) is 23.0 Å². The number of para-hydroxylation sites is 1. The van der Waals surface area contributed by atoms with Crippen molar-refractivity contribution in [1.29, 1.82) is 10.5 Å². The number of carbonyl (C=O) groups excluding carboxylic acids is 2. The van der Waals surface area contributed by atoms with Gasteiger partial charge in [-0.15, -0.1) is 0 Å². The van der Waals surface area contributed by atoms with Crippen molar-refractivity contribution in [3.8, 4) is 24.2 Å². The van der Waals surface area contributed by atoms with Gasteiger partial charge in [0.15, 0.2) is 0 Å². The number of likely N-dealkylation sites (tertiary alicyclic amines) is 2. The summed E-state index contributed by atoms with van der Waals surface area (Å²) in [5.41, 5.74) is 10.5. The van der Waals surface area contributed by atoms with Gasteiger partial charge in [-0.3, -0.25) is 14.5 Å². The number of hydrogen-bond acceptors (Lipinski definition) is 16. The molecule has 4 aromatic rings. The Hall–Kier alpha value is -7.54. The molecule has 0 spiro atoms. The molecule has 0 bridgehead atoms. The minimum absolute atomic E-state index is 0.117. The van der Waals surface area contributed by atoms with Crippen molar-refractivity contribution in [2.45, 2.75) is 114 Å². The normalized spacial score (nSPS) is 23.3. The molecule has 2 aromatic carbocycles. The van der Waals surface area contributed by atoms with E-state index in [0.29, 0.717) is 83.6 Å². The van der Waals surface area contributed by atoms with Crippen LogP contribution in [0.5, 0.6) is 12.0 Å². The van der Waals surface area contributed by atoms with Gasteiger partial charge in [-0.25, -0.2) is 0 Å². The fourth-order valence-corrected chi connectivity index (χ4v) is 13.5. The summed E-state index contributed by atoms with van der Waals surface area (Å²) in [7, 11) is 4.35. The molecule has 418 valence electrons. The first-order valence-electron chi connectivity index (χ1n) is 29.0. The largest absolute Gasteiger partial charge is 0.462 e. The van der Waals surface area contributed by atoms with E-state index in [9.17, 15) is 20.1 Å². The topological polar surface area (TPSA) is 178 Å². The number of nitriles is 2. The second kappa shape index (κ2) is 24.4. The zero-order chi connectivity index (χ0) is 55.3. The Morgan fingerprint density at radius 1 is 0.662 bits per heavy atom. The molecule has 18 nitrogen and oxygen atoms in total. The molecule has 0 saturated carbocycles. The van der Waals surface area contributed by atoms with Crippen molar-refractivity contribution < 1.29 is 19.1 Å². The molecule has 4 saturated heterocycles. The minimum Gasteiger partial charge on any atom is -0.462 e. The number of allylic oxidation sites excluding steroid dienone is 1. The maximum absolute atomic E-state index is 12.9. The zero-order valence-corrected chi connectivity index (χ0v) is 46.7. The third kappa shape index (κ3) is 11.6. The lowest BCUT2D eigenvalue weighted by Crippen LogP contribution is -2.55. The highest BCUT2D eigenvalue weighted by molar-refractivity contribution is 5.88. The number of likely N-dealkylation sites (N-methyl/N-ethyl adjacent to an activating group) is 2. The van der Waals surface area contributed by atoms with Gasteiger partial charge in [-0.1, -0.05) is 49.6 Å². The Labute approximate surface area is 471 Å². The van der Waals surface area contributed by atoms with Gasteiger partial charge >= 0.3 is 12.0 Å². The summed E-state index contributed by atoms with van der Waals surface area (Å²) < 4.78 is 13.3. The van der Waals surface area contributed by atoms with E-state index >= 15 is 0 Å². The van der Waals surface area contributed by atoms with Crippen molar-refractivity contribution in [3.05, 3.63) is 113 Å². The Morgan fingerprint density at radius 3 is 1.85 bits per heavy atom. The standard InChI is InChI=1S/C62H76N14O4/c1-5-57(77)75-31-29-73(37-47(75)22-24-63)59-52-20-13-27-71(46-16-8-7-9-17-46)39-54(52)65-62(68-59)80-42-50-34-45(36-70(50)4)44-33-43-15-10-11-19-51(43)56(35-44)72-28-14-21-53-55(40-72)66-61(79-41-49-18-12-26-69(49)3)67-60(53)74-30-32-76(58(78)6-2)48(38-74)23-25-64/h5-9,11,16-17,19,33,35,45,47-50H,1-2,10,12-15,18,20-23,26-32,34,36-42H2,3-4H3/t45?,47-,48-,49-,50-/m0/s1. The van der Waals surface area contributed by atoms with E-state index in [0.717, 1.165) is 124 Å². The first-order chi connectivity index (χ1) is 39.1. The Kier molecular flexibility index (Phi) is 16.6. The molecule has 5 atom stereocenters. The van der Waals surface area contributed by atoms with Crippen LogP contribution in [0.1, 0.15) is 96.5 Å². The third-order valence-electron chi connectivity index (χ3n) is 17.9. The SMILES string of the molecule is C=CC(=O)N1CCN(c2nc(OC[C@@H]3CC(c4cc5c(c(N6CCCc7c(nc(OC[C@@H]8CCCN8C)nc7N7CCN(C(=O)C=C)[C@@H](CC#N)C7)C6)c4)C=CCC5)CN3C)nc3c2CCCN(c2ccccc2)C3)C[C@@H]1CC#N. The number of aromatic nitrogens is 4. The average Bonchev–Trinajstić information content (AvgIpc) is 3.92. The summed E-state index contributed by atoms with van der Waals surface area (Å²) in [6, 6.07) is 20.6. The Bertz CT molecular complexity index is 3060. The zero-order valence-electron chi connectivity index (χ0n) is 46.7. The van der Waals surface area contributed by atoms with E-state index in [1.165, 1.54) is 34.5 Å². The lowest BCUT2D eigenvalue weighted by molar-refractivity contribution is -0.129. The van der Waals surface area contributed by atoms with Crippen molar-refractivity contribution >= 4 is 40.9 Å². The monoisotopic (exact) mass is 1080 g/mol. The van der Waals surface area contributed by atoms with Gasteiger partial charge in [-0.05, 0) is 126 Å². The summed E-state index contributed by atoms with van der Waals surface area (Å²) in [4.78, 5) is 64.4. The highest BCUT2D eigenvalue weighted by atomic mass is 16.5. The Balaban J connectivity index is 0.855. The smallest absolute Gasteiger partial charge is 0.318 e. The highest BCUT2D eigenvalue weighted by Gasteiger charge is 2.37. The van der Waals surface area contributed by atoms with E-state index in [-0.39, 0.29) is 48.7 Å². The van der Waals surface area contributed by atoms with Crippen LogP contribution in [0.2, 0.25) is 0 Å². The first kappa shape index (κ1) is 54.4. The van der Waals surface area contributed by atoms with Crippen LogP contribution >= 0.6 is 0 Å². The number of hydrogen-bond donors (Lipinski definition) is 0. The molecule has 1 unspecified atom stereocenters. The number of nitrogens with zero attached hydrogens (tertiary/aromatic N) is 14. The van der Waals surface area contributed by atoms with Crippen molar-refractivity contribution in [1.82, 2.24) is 39.5 Å². The van der Waals surface area contributed by atoms with Crippen molar-refractivity contribution in [2.75, 3.05) is 112 Å². The summed E-state index contributed by atoms with van der Waals surface area (Å²) in [5, 5.41) is 19.7. The first-order valence-corrected chi connectivity index (χ1v) is 29.0. The average molecular weight is 1080 g/mol. The molecule has 1 aliphatic carbocycles. The van der Waals surface area contributed by atoms with Crippen LogP contribution in [0.3, 0.4) is 0 Å². The number of rotatable bonds is 15. The Morgan fingerprint density at radius 2 is 1.26 bits per heavy atom. The number of fused-ring (bicyclic) bond motifs is 3. The number of benzene rings is 2. The van der Waals surface area contributed by atoms with Crippen molar-refractivity contribution in [3.63, 3.8) is 0 Å². The van der Waals surface area contributed by atoms with E-state index < -0.39 is 0 Å². The van der Waals surface area contributed by atoms with E-state index in [1.54, 1.807) is 9.80 Å². The van der Waals surface area contributed by atoms with Crippen molar-refractivity contribution in [2.24, 2.45) is 0 Å². The van der Waals surface area contributed by atoms with Crippen LogP contribution < -0.4 is 29.1 Å². The highest BCUT2D eigenvalue weighted by Crippen LogP contribution is 2.41. The van der Waals surface area contributed by atoms with Crippen LogP contribution in [0.15, 0.2) is 73.9 Å². The van der Waals surface area contributed by atoms with E-state index in [1.807, 2.05) is 6.07 Å². The number of ether oxygens (including phenoxy) is 2. The predicted octanol–water partition coefficient (Wildman–Crippen LogP) is 6.71. The van der Waals surface area contributed by atoms with Gasteiger partial charge < -0.3 is 43.8 Å². The molecule has 18 heteroatoms. The molecule has 0 radical (unpaired) electrons. The van der Waals surface area contributed by atoms with E-state index in [2.05, 4.69) is 117 Å². The summed E-state index contributed by atoms with van der Waals surface area (Å²) in [6.07, 6.45) is 16.3. The lowest BCUT2D eigenvalue weighted by Gasteiger charge is -2.41. The van der Waals surface area contributed by atoms with Gasteiger partial charge in [-0.2, -0.15) is 30.5 Å². The molecule has 11 rings (SSSR count). The minimum atomic E-state index is -0.290. The molecule has 80 heavy (non-hydrogen) atoms. The number of piperazine rings is 2. The molecular weight excluding hydrogens is 1000 g/mol. The van der Waals surface area contributed by atoms with Crippen LogP contribution in [-0.2, 0) is 41.9 Å². The molecular formula is C62H76N14O4. The van der Waals surface area contributed by atoms with Crippen LogP contribution in [-0.4, -0.2) is 168 Å². The second-order valence-electron chi connectivity index (χ2n) is 22.8. The molecule has 2 aromatic heterocycles. The molecule has 6 aliphatic heterocycles. The summed E-state index contributed by atoms with van der Waals surface area (Å²) >= 11 is 0. The maximum atomic E-state index is 12.9. The number of aryl methyl sites for hydroxylation is 1. The summed E-state index contributed by atoms with van der Waals surface area (Å²) in [5.74, 6) is 1.65. The third-order valence-corrected chi connectivity index (χ3v) is 17.9. The fourth-order valence-electron chi connectivity index (χ4n) is 13.5. The number of anilines is 4. The van der Waals surface area contributed by atoms with E-state index in [4.69, 9.17) is 29.4 Å². The molecule has 7 aliphatic rings. The van der Waals surface area contributed by atoms with Gasteiger partial charge in [0, 0.05) is 99.1 Å². The second-order valence-corrected chi connectivity index (χ2v) is 22.8. The van der Waals surface area contributed by atoms with Crippen LogP contribution in [0.25, 0.3) is 6.08 Å². The predicted molar refractivity (Wildman–Crippen MR) is 310 cm³/mol. The maximum Gasteiger partial charge on any atom is 0.318 e. The molecule has 8 heterocycles.